The number of hydroxylamine groups is 2. The predicted octanol–water partition coefficient (Wildman–Crippen LogP) is 5.27. The van der Waals surface area contributed by atoms with Crippen LogP contribution in [0, 0.1) is 12.3 Å². The fraction of sp³-hybridized carbons (Fsp3) is 0.543. The molecule has 2 aromatic carbocycles. The molecule has 0 aliphatic carbocycles. The number of carbonyl (C=O) groups is 3. The summed E-state index contributed by atoms with van der Waals surface area (Å²) in [5.74, 6) is -1.18. The van der Waals surface area contributed by atoms with Gasteiger partial charge in [0.2, 0.25) is 16.0 Å². The van der Waals surface area contributed by atoms with Crippen LogP contribution >= 0.6 is 0 Å². The van der Waals surface area contributed by atoms with Crippen LogP contribution in [0.25, 0.3) is 0 Å². The number of hydrogen-bond donors (Lipinski definition) is 2. The van der Waals surface area contributed by atoms with Crippen LogP contribution in [0.1, 0.15) is 79.7 Å². The molecule has 0 spiro atoms. The second kappa shape index (κ2) is 18.2. The lowest BCUT2D eigenvalue weighted by molar-refractivity contribution is -0.148. The molecular formula is C35H50N4O13S2. The lowest BCUT2D eigenvalue weighted by atomic mass is 10.1. The molecule has 0 bridgehead atoms. The van der Waals surface area contributed by atoms with Crippen molar-refractivity contribution in [2.75, 3.05) is 26.4 Å². The van der Waals surface area contributed by atoms with E-state index in [9.17, 15) is 31.2 Å². The second-order valence-electron chi connectivity index (χ2n) is 14.2. The third kappa shape index (κ3) is 13.1. The summed E-state index contributed by atoms with van der Waals surface area (Å²) in [6.07, 6.45) is -0.292. The molecule has 1 aliphatic rings. The van der Waals surface area contributed by atoms with Gasteiger partial charge in [-0.25, -0.2) is 18.0 Å². The van der Waals surface area contributed by atoms with E-state index in [4.69, 9.17) is 33.4 Å². The number of benzene rings is 2. The first-order valence-corrected chi connectivity index (χ1v) is 20.1. The SMILES string of the molecule is CCOC(=O)C1CCCCN1S(=O)(=O)c1ccc(S(=O)(=O)Oc2cc(C)cc(OCCCON(C(=N)NC(=O)OC(C)(C)C)C(=O)OC(C)(C)C)c2)cc1. The van der Waals surface area contributed by atoms with Crippen molar-refractivity contribution in [2.45, 2.75) is 108 Å². The number of ether oxygens (including phenoxy) is 4. The van der Waals surface area contributed by atoms with Gasteiger partial charge in [-0.05, 0) is 117 Å². The lowest BCUT2D eigenvalue weighted by Crippen LogP contribution is -2.49. The van der Waals surface area contributed by atoms with Crippen molar-refractivity contribution >= 4 is 44.3 Å². The number of guanidine groups is 1. The van der Waals surface area contributed by atoms with Crippen LogP contribution in [0.2, 0.25) is 0 Å². The Morgan fingerprint density at radius 2 is 1.50 bits per heavy atom. The number of alkyl carbamates (subject to hydrolysis) is 1. The van der Waals surface area contributed by atoms with E-state index >= 15 is 0 Å². The van der Waals surface area contributed by atoms with Gasteiger partial charge in [0, 0.05) is 19.0 Å². The number of esters is 1. The van der Waals surface area contributed by atoms with Crippen molar-refractivity contribution in [1.29, 1.82) is 5.41 Å². The first kappa shape index (κ1) is 43.9. The first-order valence-electron chi connectivity index (χ1n) is 17.2. The molecule has 1 fully saturated rings. The molecule has 0 saturated carbocycles. The van der Waals surface area contributed by atoms with Gasteiger partial charge < -0.3 is 23.1 Å². The van der Waals surface area contributed by atoms with Gasteiger partial charge in [-0.2, -0.15) is 12.7 Å². The van der Waals surface area contributed by atoms with Crippen LogP contribution in [0.15, 0.2) is 52.3 Å². The second-order valence-corrected chi connectivity index (χ2v) is 17.6. The number of nitrogens with one attached hydrogen (secondary N) is 2. The van der Waals surface area contributed by atoms with Gasteiger partial charge in [-0.3, -0.25) is 20.4 Å². The summed E-state index contributed by atoms with van der Waals surface area (Å²) in [7, 11) is -8.56. The molecule has 2 amide bonds. The maximum atomic E-state index is 13.4. The Kier molecular flexibility index (Phi) is 14.8. The standard InChI is InChI=1S/C35H50N4O13S2/c1-9-47-30(40)29-13-10-11-18-38(29)53(43,44)27-14-16-28(17-15-27)54(45,46)52-26-22-24(2)21-25(23-26)48-19-12-20-49-39(33(42)51-35(6,7)8)31(36)37-32(41)50-34(3,4)5/h14-17,21-23,29H,9-13,18-20H2,1-8H3,(H2,36,37,41). The van der Waals surface area contributed by atoms with E-state index in [0.717, 1.165) is 28.6 Å². The molecule has 1 unspecified atom stereocenters. The maximum absolute atomic E-state index is 13.4. The number of sulfonamides is 1. The molecule has 0 aromatic heterocycles. The third-order valence-electron chi connectivity index (χ3n) is 7.12. The molecule has 2 aromatic rings. The zero-order valence-electron chi connectivity index (χ0n) is 31.8. The summed E-state index contributed by atoms with van der Waals surface area (Å²) < 4.78 is 81.0. The fourth-order valence-corrected chi connectivity index (χ4v) is 7.53. The highest BCUT2D eigenvalue weighted by Gasteiger charge is 2.38. The van der Waals surface area contributed by atoms with Crippen LogP contribution in [0.5, 0.6) is 11.5 Å². The summed E-state index contributed by atoms with van der Waals surface area (Å²) in [6, 6.07) is 8.02. The highest BCUT2D eigenvalue weighted by Crippen LogP contribution is 2.29. The van der Waals surface area contributed by atoms with E-state index in [1.165, 1.54) is 12.1 Å². The smallest absolute Gasteiger partial charge is 0.442 e. The monoisotopic (exact) mass is 798 g/mol. The molecule has 2 N–H and O–H groups in total. The first-order chi connectivity index (χ1) is 25.0. The molecular weight excluding hydrogens is 749 g/mol. The normalized spacial score (nSPS) is 15.4. The average Bonchev–Trinajstić information content (AvgIpc) is 3.04. The largest absolute Gasteiger partial charge is 0.493 e. The minimum Gasteiger partial charge on any atom is -0.493 e. The van der Waals surface area contributed by atoms with Crippen molar-refractivity contribution in [3.8, 4) is 11.5 Å². The Hall–Kier alpha value is -4.46. The van der Waals surface area contributed by atoms with Crippen molar-refractivity contribution in [3.05, 3.63) is 48.0 Å². The van der Waals surface area contributed by atoms with Crippen LogP contribution < -0.4 is 14.2 Å². The summed E-state index contributed by atoms with van der Waals surface area (Å²) >= 11 is 0. The molecule has 54 heavy (non-hydrogen) atoms. The Morgan fingerprint density at radius 3 is 2.11 bits per heavy atom. The van der Waals surface area contributed by atoms with E-state index in [0.29, 0.717) is 29.9 Å². The van der Waals surface area contributed by atoms with Crippen molar-refractivity contribution < 1.29 is 59.2 Å². The van der Waals surface area contributed by atoms with Crippen molar-refractivity contribution in [1.82, 2.24) is 14.7 Å². The number of carbonyl (C=O) groups excluding carboxylic acids is 3. The lowest BCUT2D eigenvalue weighted by Gasteiger charge is -2.32. The van der Waals surface area contributed by atoms with E-state index in [2.05, 4.69) is 5.32 Å². The molecule has 17 nitrogen and oxygen atoms in total. The van der Waals surface area contributed by atoms with Crippen LogP contribution in [-0.2, 0) is 44.0 Å². The molecule has 19 heteroatoms. The van der Waals surface area contributed by atoms with Gasteiger partial charge in [-0.15, -0.1) is 5.06 Å². The Balaban J connectivity index is 1.64. The highest BCUT2D eigenvalue weighted by atomic mass is 32.2. The molecule has 1 heterocycles. The zero-order valence-corrected chi connectivity index (χ0v) is 33.4. The van der Waals surface area contributed by atoms with E-state index in [-0.39, 0.29) is 54.1 Å². The minimum absolute atomic E-state index is 0.0224. The van der Waals surface area contributed by atoms with Gasteiger partial charge in [0.05, 0.1) is 24.7 Å². The number of amides is 2. The molecule has 300 valence electrons. The topological polar surface area (TPSA) is 217 Å². The number of rotatable bonds is 13. The molecule has 1 atom stereocenters. The highest BCUT2D eigenvalue weighted by molar-refractivity contribution is 7.89. The summed E-state index contributed by atoms with van der Waals surface area (Å²) in [6.45, 7) is 13.2. The number of hydrogen-bond acceptors (Lipinski definition) is 14. The van der Waals surface area contributed by atoms with Gasteiger partial charge in [0.25, 0.3) is 0 Å². The third-order valence-corrected chi connectivity index (χ3v) is 10.3. The van der Waals surface area contributed by atoms with Crippen LogP contribution in [0.3, 0.4) is 0 Å². The number of piperidine rings is 1. The summed E-state index contributed by atoms with van der Waals surface area (Å²) in [4.78, 5) is 42.3. The Morgan fingerprint density at radius 1 is 0.889 bits per heavy atom. The van der Waals surface area contributed by atoms with Crippen LogP contribution in [0.4, 0.5) is 9.59 Å². The van der Waals surface area contributed by atoms with Gasteiger partial charge >= 0.3 is 28.3 Å². The maximum Gasteiger partial charge on any atom is 0.442 e. The number of nitrogens with zero attached hydrogens (tertiary/aromatic N) is 2. The van der Waals surface area contributed by atoms with Crippen LogP contribution in [-0.4, -0.2) is 93.9 Å². The van der Waals surface area contributed by atoms with Gasteiger partial charge in [-0.1, -0.05) is 0 Å². The van der Waals surface area contributed by atoms with Gasteiger partial charge in [0.1, 0.15) is 33.6 Å². The van der Waals surface area contributed by atoms with Crippen molar-refractivity contribution in [2.24, 2.45) is 0 Å². The summed E-state index contributed by atoms with van der Waals surface area (Å²) in [5.41, 5.74) is -1.18. The predicted molar refractivity (Wildman–Crippen MR) is 195 cm³/mol. The molecule has 3 rings (SSSR count). The van der Waals surface area contributed by atoms with E-state index in [1.54, 1.807) is 61.5 Å². The quantitative estimate of drug-likeness (QED) is 0.0503. The van der Waals surface area contributed by atoms with Crippen molar-refractivity contribution in [3.63, 3.8) is 0 Å². The zero-order chi connectivity index (χ0) is 40.5. The Bertz CT molecular complexity index is 1870. The molecule has 0 radical (unpaired) electrons. The minimum atomic E-state index is -4.42. The fourth-order valence-electron chi connectivity index (χ4n) is 4.97. The van der Waals surface area contributed by atoms with E-state index in [1.807, 2.05) is 0 Å². The number of aryl methyl sites for hydroxylation is 1. The molecule has 1 aliphatic heterocycles. The Labute approximate surface area is 316 Å². The van der Waals surface area contributed by atoms with Gasteiger partial charge in [0.15, 0.2) is 0 Å². The average molecular weight is 799 g/mol. The van der Waals surface area contributed by atoms with E-state index < -0.39 is 61.5 Å². The summed E-state index contributed by atoms with van der Waals surface area (Å²) in [5, 5.41) is 10.8. The molecule has 1 saturated heterocycles.